The van der Waals surface area contributed by atoms with Crippen molar-refractivity contribution in [3.8, 4) is 6.07 Å². The molecule has 0 fully saturated rings. The molecule has 0 unspecified atom stereocenters. The van der Waals surface area contributed by atoms with Crippen molar-refractivity contribution >= 4 is 5.78 Å². The average Bonchev–Trinajstić information content (AvgIpc) is 2.41. The molecule has 0 amide bonds. The van der Waals surface area contributed by atoms with Crippen molar-refractivity contribution < 1.29 is 9.18 Å². The first-order chi connectivity index (χ1) is 9.04. The molecule has 19 heavy (non-hydrogen) atoms. The van der Waals surface area contributed by atoms with E-state index in [1.165, 1.54) is 24.3 Å². The van der Waals surface area contributed by atoms with Crippen LogP contribution in [0.25, 0.3) is 0 Å². The molecular weight excluding hydrogens is 243 g/mol. The van der Waals surface area contributed by atoms with Crippen molar-refractivity contribution in [2.75, 3.05) is 13.1 Å². The zero-order valence-electron chi connectivity index (χ0n) is 11.4. The Morgan fingerprint density at radius 3 is 2.21 bits per heavy atom. The van der Waals surface area contributed by atoms with Gasteiger partial charge in [-0.25, -0.2) is 4.39 Å². The molecule has 0 aliphatic heterocycles. The van der Waals surface area contributed by atoms with Gasteiger partial charge in [-0.05, 0) is 45.0 Å². The molecule has 1 aromatic carbocycles. The Morgan fingerprint density at radius 1 is 1.26 bits per heavy atom. The Morgan fingerprint density at radius 2 is 1.79 bits per heavy atom. The number of benzene rings is 1. The van der Waals surface area contributed by atoms with E-state index >= 15 is 0 Å². The summed E-state index contributed by atoms with van der Waals surface area (Å²) >= 11 is 0. The number of carbonyl (C=O) groups is 1. The number of hydrogen-bond donors (Lipinski definition) is 0. The second-order valence-electron chi connectivity index (χ2n) is 4.08. The molecule has 100 valence electrons. The third kappa shape index (κ3) is 3.41. The number of halogens is 1. The fourth-order valence-electron chi connectivity index (χ4n) is 1.90. The van der Waals surface area contributed by atoms with Crippen molar-refractivity contribution in [1.82, 2.24) is 4.90 Å². The number of hydrogen-bond acceptors (Lipinski definition) is 3. The number of nitriles is 1. The van der Waals surface area contributed by atoms with Gasteiger partial charge < -0.3 is 4.90 Å². The van der Waals surface area contributed by atoms with Gasteiger partial charge in [0.1, 0.15) is 17.5 Å². The van der Waals surface area contributed by atoms with Gasteiger partial charge in [-0.2, -0.15) is 5.26 Å². The van der Waals surface area contributed by atoms with Crippen LogP contribution in [0, 0.1) is 17.1 Å². The highest BCUT2D eigenvalue weighted by atomic mass is 19.1. The molecule has 0 spiro atoms. The van der Waals surface area contributed by atoms with Crippen LogP contribution in [-0.2, 0) is 0 Å². The van der Waals surface area contributed by atoms with Crippen molar-refractivity contribution in [1.29, 1.82) is 5.26 Å². The maximum atomic E-state index is 12.8. The third-order valence-corrected chi connectivity index (χ3v) is 3.04. The summed E-state index contributed by atoms with van der Waals surface area (Å²) in [4.78, 5) is 14.2. The number of rotatable bonds is 5. The molecule has 4 heteroatoms. The minimum Gasteiger partial charge on any atom is -0.374 e. The van der Waals surface area contributed by atoms with Gasteiger partial charge in [0.15, 0.2) is 0 Å². The number of Topliss-reactive ketones (excluding diaryl/α,β-unsaturated/α-hetero) is 1. The summed E-state index contributed by atoms with van der Waals surface area (Å²) in [5, 5.41) is 9.19. The second-order valence-corrected chi connectivity index (χ2v) is 4.08. The van der Waals surface area contributed by atoms with Gasteiger partial charge in [-0.1, -0.05) is 0 Å². The largest absolute Gasteiger partial charge is 0.374 e. The van der Waals surface area contributed by atoms with Gasteiger partial charge >= 0.3 is 0 Å². The molecule has 0 aliphatic rings. The molecule has 0 aliphatic carbocycles. The van der Waals surface area contributed by atoms with E-state index in [2.05, 4.69) is 0 Å². The van der Waals surface area contributed by atoms with Crippen LogP contribution in [0.5, 0.6) is 0 Å². The van der Waals surface area contributed by atoms with E-state index in [4.69, 9.17) is 0 Å². The van der Waals surface area contributed by atoms with Crippen LogP contribution in [0.1, 0.15) is 31.1 Å². The normalized spacial score (nSPS) is 11.5. The van der Waals surface area contributed by atoms with Crippen LogP contribution < -0.4 is 0 Å². The van der Waals surface area contributed by atoms with Crippen LogP contribution in [0.2, 0.25) is 0 Å². The third-order valence-electron chi connectivity index (χ3n) is 3.04. The summed E-state index contributed by atoms with van der Waals surface area (Å²) in [6.45, 7) is 7.14. The first-order valence-electron chi connectivity index (χ1n) is 6.21. The molecular formula is C15H17FN2O. The summed E-state index contributed by atoms with van der Waals surface area (Å²) < 4.78 is 12.8. The predicted octanol–water partition coefficient (Wildman–Crippen LogP) is 3.15. The van der Waals surface area contributed by atoms with E-state index in [0.29, 0.717) is 11.3 Å². The standard InChI is InChI=1S/C15H17FN2O/c1-4-18(5-2)11(3)14(10-17)15(19)12-6-8-13(16)9-7-12/h6-9H,4-5H2,1-3H3. The number of allylic oxidation sites excluding steroid dienone is 2. The molecule has 0 aromatic heterocycles. The van der Waals surface area contributed by atoms with Crippen molar-refractivity contribution in [3.05, 3.63) is 46.9 Å². The van der Waals surface area contributed by atoms with Gasteiger partial charge in [-0.15, -0.1) is 0 Å². The highest BCUT2D eigenvalue weighted by Gasteiger charge is 2.17. The van der Waals surface area contributed by atoms with Crippen molar-refractivity contribution in [2.45, 2.75) is 20.8 Å². The van der Waals surface area contributed by atoms with E-state index in [9.17, 15) is 14.4 Å². The Kier molecular flexibility index (Phi) is 5.25. The van der Waals surface area contributed by atoms with Crippen LogP contribution >= 0.6 is 0 Å². The molecule has 1 aromatic rings. The van der Waals surface area contributed by atoms with Gasteiger partial charge in [0, 0.05) is 24.4 Å². The van der Waals surface area contributed by atoms with Gasteiger partial charge in [-0.3, -0.25) is 4.79 Å². The first kappa shape index (κ1) is 14.9. The molecule has 0 heterocycles. The quantitative estimate of drug-likeness (QED) is 0.464. The fourth-order valence-corrected chi connectivity index (χ4v) is 1.90. The molecule has 1 rings (SSSR count). The predicted molar refractivity (Wildman–Crippen MR) is 72.0 cm³/mol. The summed E-state index contributed by atoms with van der Waals surface area (Å²) in [6.07, 6.45) is 0. The SMILES string of the molecule is CCN(CC)C(C)=C(C#N)C(=O)c1ccc(F)cc1. The first-order valence-corrected chi connectivity index (χ1v) is 6.21. The maximum Gasteiger partial charge on any atom is 0.205 e. The zero-order chi connectivity index (χ0) is 14.4. The molecule has 0 bridgehead atoms. The lowest BCUT2D eigenvalue weighted by atomic mass is 10.0. The monoisotopic (exact) mass is 260 g/mol. The lowest BCUT2D eigenvalue weighted by Gasteiger charge is -2.22. The van der Waals surface area contributed by atoms with Crippen LogP contribution in [0.4, 0.5) is 4.39 Å². The Labute approximate surface area is 113 Å². The fraction of sp³-hybridized carbons (Fsp3) is 0.333. The zero-order valence-corrected chi connectivity index (χ0v) is 11.4. The van der Waals surface area contributed by atoms with Crippen molar-refractivity contribution in [3.63, 3.8) is 0 Å². The number of ketones is 1. The topological polar surface area (TPSA) is 44.1 Å². The molecule has 0 N–H and O–H groups in total. The summed E-state index contributed by atoms with van der Waals surface area (Å²) in [5.41, 5.74) is 1.08. The molecule has 3 nitrogen and oxygen atoms in total. The van der Waals surface area contributed by atoms with E-state index in [1.807, 2.05) is 24.8 Å². The minimum absolute atomic E-state index is 0.107. The van der Waals surface area contributed by atoms with E-state index < -0.39 is 5.82 Å². The summed E-state index contributed by atoms with van der Waals surface area (Å²) in [6, 6.07) is 7.18. The Balaban J connectivity index is 3.17. The second kappa shape index (κ2) is 6.69. The number of carbonyl (C=O) groups excluding carboxylic acids is 1. The highest BCUT2D eigenvalue weighted by molar-refractivity contribution is 6.11. The molecule has 0 saturated heterocycles. The maximum absolute atomic E-state index is 12.8. The average molecular weight is 260 g/mol. The van der Waals surface area contributed by atoms with E-state index in [0.717, 1.165) is 13.1 Å². The minimum atomic E-state index is -0.403. The summed E-state index contributed by atoms with van der Waals surface area (Å²) in [7, 11) is 0. The lowest BCUT2D eigenvalue weighted by molar-refractivity contribution is 0.103. The molecule has 0 atom stereocenters. The van der Waals surface area contributed by atoms with Crippen LogP contribution in [0.3, 0.4) is 0 Å². The van der Waals surface area contributed by atoms with E-state index in [1.54, 1.807) is 6.92 Å². The smallest absolute Gasteiger partial charge is 0.205 e. The molecule has 0 saturated carbocycles. The van der Waals surface area contributed by atoms with Gasteiger partial charge in [0.05, 0.1) is 0 Å². The Bertz CT molecular complexity index is 522. The van der Waals surface area contributed by atoms with Gasteiger partial charge in [0.25, 0.3) is 0 Å². The Hall–Kier alpha value is -2.15. The highest BCUT2D eigenvalue weighted by Crippen LogP contribution is 2.15. The van der Waals surface area contributed by atoms with Crippen LogP contribution in [0.15, 0.2) is 35.5 Å². The number of nitrogens with zero attached hydrogens (tertiary/aromatic N) is 2. The van der Waals surface area contributed by atoms with Crippen molar-refractivity contribution in [2.24, 2.45) is 0 Å². The summed E-state index contributed by atoms with van der Waals surface area (Å²) in [5.74, 6) is -0.772. The lowest BCUT2D eigenvalue weighted by Crippen LogP contribution is -2.23. The molecule has 0 radical (unpaired) electrons. The van der Waals surface area contributed by atoms with E-state index in [-0.39, 0.29) is 11.4 Å². The van der Waals surface area contributed by atoms with Crippen LogP contribution in [-0.4, -0.2) is 23.8 Å². The van der Waals surface area contributed by atoms with Gasteiger partial charge in [0.2, 0.25) is 5.78 Å².